The Balaban J connectivity index is -0.0000000840. The van der Waals surface area contributed by atoms with Crippen LogP contribution in [0.1, 0.15) is 106 Å². The van der Waals surface area contributed by atoms with E-state index in [0.717, 1.165) is 63.1 Å². The summed E-state index contributed by atoms with van der Waals surface area (Å²) in [5.41, 5.74) is 4.82. The number of rotatable bonds is 14. The zero-order chi connectivity index (χ0) is 30.3. The molecule has 1 amide bonds. The number of carbonyl (C=O) groups is 5. The first kappa shape index (κ1) is 50.4. The second kappa shape index (κ2) is 38.7. The van der Waals surface area contributed by atoms with Gasteiger partial charge in [-0.2, -0.15) is 12.6 Å². The van der Waals surface area contributed by atoms with Gasteiger partial charge >= 0.3 is 35.5 Å². The summed E-state index contributed by atoms with van der Waals surface area (Å²) in [6, 6.07) is 0. The third kappa shape index (κ3) is 91.4. The monoisotopic (exact) mass is 613 g/mol. The van der Waals surface area contributed by atoms with Crippen LogP contribution in [0.2, 0.25) is 0 Å². The molecule has 222 valence electrons. The van der Waals surface area contributed by atoms with Crippen molar-refractivity contribution in [3.63, 3.8) is 0 Å². The third-order valence-electron chi connectivity index (χ3n) is 3.50. The zero-order valence-corrected chi connectivity index (χ0v) is 28.8. The van der Waals surface area contributed by atoms with E-state index >= 15 is 0 Å². The van der Waals surface area contributed by atoms with Gasteiger partial charge in [-0.15, -0.1) is 0 Å². The largest absolute Gasteiger partial charge is 1.00 e. The maximum Gasteiger partial charge on any atom is 1.00 e. The summed E-state index contributed by atoms with van der Waals surface area (Å²) in [5, 5.41) is 8.07. The van der Waals surface area contributed by atoms with Crippen LogP contribution in [0.15, 0.2) is 0 Å². The van der Waals surface area contributed by atoms with E-state index in [2.05, 4.69) is 26.5 Å². The molecule has 0 aromatic carbocycles. The van der Waals surface area contributed by atoms with Gasteiger partial charge in [0.15, 0.2) is 5.12 Å². The normalized spacial score (nSPS) is 9.16. The van der Waals surface area contributed by atoms with Crippen molar-refractivity contribution in [2.75, 3.05) is 17.3 Å². The molecule has 0 saturated carbocycles. The minimum atomic E-state index is -4.00. The van der Waals surface area contributed by atoms with Gasteiger partial charge in [0, 0.05) is 49.9 Å². The van der Waals surface area contributed by atoms with E-state index in [0.29, 0.717) is 23.7 Å². The maximum atomic E-state index is 10.2. The average molecular weight is 614 g/mol. The van der Waals surface area contributed by atoms with Gasteiger partial charge in [-0.05, 0) is 33.1 Å². The summed E-state index contributed by atoms with van der Waals surface area (Å²) in [6.07, 6.45) is 8.24. The molecular weight excluding hydrogens is 565 g/mol. The molecule has 0 bridgehead atoms. The molecule has 0 rings (SSSR count). The number of primary amides is 1. The predicted octanol–water partition coefficient (Wildman–Crippen LogP) is 1.40. The summed E-state index contributed by atoms with van der Waals surface area (Å²) < 4.78 is 28.9. The molecule has 0 aliphatic heterocycles. The van der Waals surface area contributed by atoms with Crippen LogP contribution in [-0.4, -0.2) is 63.9 Å². The van der Waals surface area contributed by atoms with Gasteiger partial charge < -0.3 is 25.0 Å². The summed E-state index contributed by atoms with van der Waals surface area (Å²) >= 11 is 4.65. The third-order valence-corrected chi connectivity index (χ3v) is 5.55. The Kier molecular flexibility index (Phi) is 51.3. The first-order chi connectivity index (χ1) is 17.0. The topological polar surface area (TPSA) is 189 Å². The molecule has 0 aliphatic rings. The summed E-state index contributed by atoms with van der Waals surface area (Å²) in [5.74, 6) is -0.207. The predicted molar refractivity (Wildman–Crippen MR) is 153 cm³/mol. The second-order valence-corrected chi connectivity index (χ2v) is 10.9. The molecule has 38 heavy (non-hydrogen) atoms. The van der Waals surface area contributed by atoms with Gasteiger partial charge in [-0.1, -0.05) is 51.8 Å². The van der Waals surface area contributed by atoms with E-state index in [1.807, 2.05) is 6.92 Å². The number of thioether (sulfide) groups is 1. The Labute approximate surface area is 261 Å². The van der Waals surface area contributed by atoms with Crippen molar-refractivity contribution < 1.29 is 71.6 Å². The van der Waals surface area contributed by atoms with Crippen molar-refractivity contribution in [2.24, 2.45) is 5.73 Å². The molecule has 0 saturated heterocycles. The van der Waals surface area contributed by atoms with Crippen LogP contribution in [0.3, 0.4) is 0 Å². The molecule has 0 heterocycles. The van der Waals surface area contributed by atoms with E-state index in [1.165, 1.54) is 6.92 Å². The molecule has 0 aromatic heterocycles. The molecule has 0 aliphatic carbocycles. The minimum Gasteiger partial charge on any atom is -0.748 e. The Hall–Kier alpha value is -0.440. The van der Waals surface area contributed by atoms with Gasteiger partial charge in [-0.3, -0.25) is 14.4 Å². The number of unbranched alkanes of at least 4 members (excludes halogenated alkanes) is 3. The number of thiol groups is 1. The first-order valence-corrected chi connectivity index (χ1v) is 15.4. The van der Waals surface area contributed by atoms with E-state index < -0.39 is 16.1 Å². The van der Waals surface area contributed by atoms with Crippen LogP contribution in [0.4, 0.5) is 0 Å². The van der Waals surface area contributed by atoms with Crippen molar-refractivity contribution in [3.8, 4) is 0 Å². The van der Waals surface area contributed by atoms with Gasteiger partial charge in [0.1, 0.15) is 11.6 Å². The van der Waals surface area contributed by atoms with Crippen molar-refractivity contribution in [1.82, 2.24) is 0 Å². The van der Waals surface area contributed by atoms with Crippen LogP contribution in [-0.2, 0) is 34.1 Å². The van der Waals surface area contributed by atoms with E-state index in [1.54, 1.807) is 13.8 Å². The molecule has 0 fully saturated rings. The number of hydrogen-bond donors (Lipinski definition) is 3. The fourth-order valence-corrected chi connectivity index (χ4v) is 3.07. The average Bonchev–Trinajstić information content (AvgIpc) is 2.75. The Morgan fingerprint density at radius 2 is 1.18 bits per heavy atom. The van der Waals surface area contributed by atoms with Gasteiger partial charge in [0.25, 0.3) is 0 Å². The van der Waals surface area contributed by atoms with Crippen molar-refractivity contribution in [3.05, 3.63) is 0 Å². The van der Waals surface area contributed by atoms with Crippen molar-refractivity contribution in [2.45, 2.75) is 106 Å². The molecule has 0 aromatic rings. The Morgan fingerprint density at radius 1 is 0.816 bits per heavy atom. The SMILES string of the molecule is CC(=O)SCCC(N)=O.CCCCC(=O)O.CCCCC(C)=O.CCCCC(C)=O.O=S(=O)([O-])CCS.[Na+]. The number of nitrogens with two attached hydrogens (primary N) is 1. The van der Waals surface area contributed by atoms with Crippen LogP contribution in [0.25, 0.3) is 0 Å². The van der Waals surface area contributed by atoms with Crippen molar-refractivity contribution in [1.29, 1.82) is 0 Å². The van der Waals surface area contributed by atoms with Crippen LogP contribution in [0, 0.1) is 0 Å². The molecule has 14 heteroatoms. The molecule has 10 nitrogen and oxygen atoms in total. The number of aliphatic carboxylic acids is 1. The Morgan fingerprint density at radius 3 is 1.32 bits per heavy atom. The Bertz CT molecular complexity index is 647. The maximum absolute atomic E-state index is 10.2. The minimum absolute atomic E-state index is 0. The molecule has 0 radical (unpaired) electrons. The van der Waals surface area contributed by atoms with Gasteiger partial charge in [0.05, 0.1) is 10.1 Å². The van der Waals surface area contributed by atoms with Gasteiger partial charge in [0.2, 0.25) is 5.91 Å². The molecule has 0 atom stereocenters. The smallest absolute Gasteiger partial charge is 0.748 e. The fraction of sp³-hybridized carbons (Fsp3) is 0.792. The number of ketones is 2. The van der Waals surface area contributed by atoms with Crippen LogP contribution < -0.4 is 35.3 Å². The number of carboxylic acid groups (broad SMARTS) is 1. The number of amides is 1. The molecule has 0 unspecified atom stereocenters. The number of Topliss-reactive ketones (excluding diaryl/α,β-unsaturated/α-hetero) is 2. The van der Waals surface area contributed by atoms with Gasteiger partial charge in [-0.25, -0.2) is 8.42 Å². The molecule has 0 spiro atoms. The second-order valence-electron chi connectivity index (χ2n) is 7.65. The number of hydrogen-bond acceptors (Lipinski definition) is 10. The molecular formula is C24H48NNaO9S3. The summed E-state index contributed by atoms with van der Waals surface area (Å²) in [4.78, 5) is 50.5. The summed E-state index contributed by atoms with van der Waals surface area (Å²) in [6.45, 7) is 10.9. The standard InChI is InChI=1S/2C6H12O.C5H9NO2S.C5H10O2.C2H6O3S2.Na/c2*1-3-4-5-6(2)7;1-4(7)9-3-2-5(6)8;1-2-3-4-5(6)7;3-7(4,5)2-1-6;/h2*3-5H2,1-2H3;2-3H2,1H3,(H2,6,8);2-4H2,1H3,(H,6,7);6H,1-2H2,(H,3,4,5);/q;;;;;+1/p-1. The first-order valence-electron chi connectivity index (χ1n) is 12.2. The van der Waals surface area contributed by atoms with Crippen LogP contribution >= 0.6 is 24.4 Å². The number of carbonyl (C=O) groups excluding carboxylic acids is 4. The number of carboxylic acids is 1. The zero-order valence-electron chi connectivity index (χ0n) is 24.2. The quantitative estimate of drug-likeness (QED) is 0.147. The van der Waals surface area contributed by atoms with Crippen molar-refractivity contribution >= 4 is 63.1 Å². The van der Waals surface area contributed by atoms with Crippen LogP contribution in [0.5, 0.6) is 0 Å². The van der Waals surface area contributed by atoms with E-state index in [-0.39, 0.29) is 58.5 Å². The van der Waals surface area contributed by atoms with E-state index in [4.69, 9.17) is 10.8 Å². The van der Waals surface area contributed by atoms with E-state index in [9.17, 15) is 36.9 Å². The fourth-order valence-electron chi connectivity index (χ4n) is 1.59. The summed E-state index contributed by atoms with van der Waals surface area (Å²) in [7, 11) is -4.00. The molecule has 3 N–H and O–H groups in total.